The summed E-state index contributed by atoms with van der Waals surface area (Å²) in [6.45, 7) is 5.79. The van der Waals surface area contributed by atoms with E-state index in [1.807, 2.05) is 20.8 Å². The van der Waals surface area contributed by atoms with Crippen LogP contribution in [-0.4, -0.2) is 20.9 Å². The summed E-state index contributed by atoms with van der Waals surface area (Å²) in [4.78, 5) is 11.2. The second kappa shape index (κ2) is 5.54. The number of rotatable bonds is 5. The van der Waals surface area contributed by atoms with Gasteiger partial charge >= 0.3 is 5.97 Å². The van der Waals surface area contributed by atoms with Crippen molar-refractivity contribution < 1.29 is 9.90 Å². The van der Waals surface area contributed by atoms with Gasteiger partial charge < -0.3 is 5.11 Å². The molecule has 1 N–H and O–H groups in total. The van der Waals surface area contributed by atoms with Crippen molar-refractivity contribution in [2.45, 2.75) is 33.6 Å². The zero-order valence-corrected chi connectivity index (χ0v) is 11.5. The fraction of sp³-hybridized carbons (Fsp3) is 0.667. The molecule has 1 atom stereocenters. The lowest BCUT2D eigenvalue weighted by Crippen LogP contribution is -2.23. The lowest BCUT2D eigenvalue weighted by molar-refractivity contribution is -0.143. The molecule has 0 amide bonds. The van der Waals surface area contributed by atoms with Crippen molar-refractivity contribution in [2.75, 3.05) is 0 Å². The number of carbonyl (C=O) groups is 1. The number of aliphatic carboxylic acids is 1. The molecule has 0 saturated carbocycles. The minimum absolute atomic E-state index is 0.0727. The molecule has 1 aromatic rings. The average Bonchev–Trinajstić information content (AvgIpc) is 2.50. The minimum Gasteiger partial charge on any atom is -0.481 e. The largest absolute Gasteiger partial charge is 0.481 e. The molecule has 0 bridgehead atoms. The molecule has 1 rings (SSSR count). The third-order valence-corrected chi connectivity index (χ3v) is 3.47. The predicted molar refractivity (Wildman–Crippen MR) is 67.3 cm³/mol. The third-order valence-electron chi connectivity index (χ3n) is 3.04. The quantitative estimate of drug-likeness (QED) is 0.883. The van der Waals surface area contributed by atoms with Gasteiger partial charge in [-0.25, -0.2) is 0 Å². The third kappa shape index (κ3) is 3.00. The molecule has 0 radical (unpaired) electrons. The van der Waals surface area contributed by atoms with E-state index < -0.39 is 11.9 Å². The van der Waals surface area contributed by atoms with E-state index in [-0.39, 0.29) is 5.92 Å². The number of carboxylic acid groups (broad SMARTS) is 1. The van der Waals surface area contributed by atoms with Gasteiger partial charge in [0.05, 0.1) is 22.3 Å². The minimum atomic E-state index is -0.782. The van der Waals surface area contributed by atoms with Crippen molar-refractivity contribution in [3.63, 3.8) is 0 Å². The normalized spacial score (nSPS) is 13.1. The van der Waals surface area contributed by atoms with Gasteiger partial charge in [-0.1, -0.05) is 32.4 Å². The highest BCUT2D eigenvalue weighted by molar-refractivity contribution is 6.31. The first-order valence-electron chi connectivity index (χ1n) is 5.81. The highest BCUT2D eigenvalue weighted by Gasteiger charge is 2.25. The van der Waals surface area contributed by atoms with Crippen LogP contribution in [0.5, 0.6) is 0 Å². The molecule has 17 heavy (non-hydrogen) atoms. The molecule has 1 aromatic heterocycles. The Morgan fingerprint density at radius 3 is 2.47 bits per heavy atom. The summed E-state index contributed by atoms with van der Waals surface area (Å²) in [6.07, 6.45) is 1.18. The van der Waals surface area contributed by atoms with Gasteiger partial charge in [-0.2, -0.15) is 5.10 Å². The first-order chi connectivity index (χ1) is 7.88. The summed E-state index contributed by atoms with van der Waals surface area (Å²) in [5.41, 5.74) is 1.64. The van der Waals surface area contributed by atoms with Crippen LogP contribution < -0.4 is 0 Å². The highest BCUT2D eigenvalue weighted by Crippen LogP contribution is 2.26. The Morgan fingerprint density at radius 2 is 2.12 bits per heavy atom. The summed E-state index contributed by atoms with van der Waals surface area (Å²) in [7, 11) is 1.81. The lowest BCUT2D eigenvalue weighted by Gasteiger charge is -2.16. The van der Waals surface area contributed by atoms with Gasteiger partial charge in [0.2, 0.25) is 0 Å². The molecule has 96 valence electrons. The summed E-state index contributed by atoms with van der Waals surface area (Å²) in [5.74, 6) is -1.13. The van der Waals surface area contributed by atoms with Crippen LogP contribution in [-0.2, 0) is 24.7 Å². The summed E-state index contributed by atoms with van der Waals surface area (Å²) in [6, 6.07) is 0. The van der Waals surface area contributed by atoms with Crippen molar-refractivity contribution >= 4 is 17.6 Å². The van der Waals surface area contributed by atoms with Gasteiger partial charge in [0.15, 0.2) is 0 Å². The van der Waals surface area contributed by atoms with E-state index in [0.29, 0.717) is 11.4 Å². The molecule has 0 fully saturated rings. The molecule has 4 nitrogen and oxygen atoms in total. The topological polar surface area (TPSA) is 55.1 Å². The Labute approximate surface area is 107 Å². The molecule has 0 aliphatic carbocycles. The van der Waals surface area contributed by atoms with Gasteiger partial charge in [0.25, 0.3) is 0 Å². The zero-order valence-electron chi connectivity index (χ0n) is 10.7. The lowest BCUT2D eigenvalue weighted by atomic mass is 9.91. The maximum Gasteiger partial charge on any atom is 0.307 e. The van der Waals surface area contributed by atoms with E-state index in [4.69, 9.17) is 11.6 Å². The van der Waals surface area contributed by atoms with Crippen LogP contribution >= 0.6 is 11.6 Å². The first-order valence-corrected chi connectivity index (χ1v) is 6.19. The van der Waals surface area contributed by atoms with Crippen LogP contribution in [0.4, 0.5) is 0 Å². The molecule has 0 spiro atoms. The number of aryl methyl sites for hydroxylation is 2. The maximum atomic E-state index is 11.2. The van der Waals surface area contributed by atoms with E-state index in [1.165, 1.54) is 0 Å². The van der Waals surface area contributed by atoms with Crippen LogP contribution in [0.1, 0.15) is 32.2 Å². The van der Waals surface area contributed by atoms with E-state index in [0.717, 1.165) is 17.8 Å². The van der Waals surface area contributed by atoms with Crippen LogP contribution in [0.25, 0.3) is 0 Å². The van der Waals surface area contributed by atoms with E-state index >= 15 is 0 Å². The van der Waals surface area contributed by atoms with E-state index in [1.54, 1.807) is 11.7 Å². The summed E-state index contributed by atoms with van der Waals surface area (Å²) >= 11 is 6.21. The Kier molecular flexibility index (Phi) is 4.57. The number of nitrogens with zero attached hydrogens (tertiary/aromatic N) is 2. The van der Waals surface area contributed by atoms with Crippen molar-refractivity contribution in [1.29, 1.82) is 0 Å². The monoisotopic (exact) mass is 258 g/mol. The van der Waals surface area contributed by atoms with Crippen LogP contribution in [0.3, 0.4) is 0 Å². The fourth-order valence-corrected chi connectivity index (χ4v) is 2.23. The number of halogens is 1. The van der Waals surface area contributed by atoms with E-state index in [2.05, 4.69) is 5.10 Å². The number of hydrogen-bond donors (Lipinski definition) is 1. The molecule has 1 unspecified atom stereocenters. The molecule has 1 heterocycles. The van der Waals surface area contributed by atoms with Crippen LogP contribution in [0.2, 0.25) is 5.02 Å². The molecule has 0 aliphatic heterocycles. The number of carboxylic acids is 1. The summed E-state index contributed by atoms with van der Waals surface area (Å²) < 4.78 is 1.69. The van der Waals surface area contributed by atoms with Gasteiger partial charge in [-0.3, -0.25) is 9.48 Å². The second-order valence-corrected chi connectivity index (χ2v) is 4.96. The second-order valence-electron chi connectivity index (χ2n) is 4.58. The van der Waals surface area contributed by atoms with E-state index in [9.17, 15) is 9.90 Å². The van der Waals surface area contributed by atoms with Crippen LogP contribution in [0.15, 0.2) is 0 Å². The standard InChI is InChI=1S/C12H19ClN2O2/c1-5-9-11(13)10(15(4)14-9)6-8(7(2)3)12(16)17/h7-8H,5-6H2,1-4H3,(H,16,17). The molecular weight excluding hydrogens is 240 g/mol. The van der Waals surface area contributed by atoms with Crippen molar-refractivity contribution in [3.8, 4) is 0 Å². The first kappa shape index (κ1) is 14.0. The Balaban J connectivity index is 3.01. The highest BCUT2D eigenvalue weighted by atomic mass is 35.5. The average molecular weight is 259 g/mol. The predicted octanol–water partition coefficient (Wildman–Crippen LogP) is 2.54. The molecule has 0 aliphatic rings. The van der Waals surface area contributed by atoms with Crippen LogP contribution in [0, 0.1) is 11.8 Å². The SMILES string of the molecule is CCc1nn(C)c(CC(C(=O)O)C(C)C)c1Cl. The van der Waals surface area contributed by atoms with Gasteiger partial charge in [0.1, 0.15) is 0 Å². The Morgan fingerprint density at radius 1 is 1.53 bits per heavy atom. The van der Waals surface area contributed by atoms with Gasteiger partial charge in [-0.05, 0) is 12.3 Å². The number of aromatic nitrogens is 2. The fourth-order valence-electron chi connectivity index (χ4n) is 1.86. The molecule has 0 saturated heterocycles. The van der Waals surface area contributed by atoms with Gasteiger partial charge in [0, 0.05) is 13.5 Å². The van der Waals surface area contributed by atoms with Gasteiger partial charge in [-0.15, -0.1) is 0 Å². The van der Waals surface area contributed by atoms with Crippen molar-refractivity contribution in [1.82, 2.24) is 9.78 Å². The Hall–Kier alpha value is -1.03. The number of hydrogen-bond acceptors (Lipinski definition) is 2. The smallest absolute Gasteiger partial charge is 0.307 e. The molecule has 0 aromatic carbocycles. The molecule has 5 heteroatoms. The van der Waals surface area contributed by atoms with Crippen molar-refractivity contribution in [3.05, 3.63) is 16.4 Å². The summed E-state index contributed by atoms with van der Waals surface area (Å²) in [5, 5.41) is 14.1. The zero-order chi connectivity index (χ0) is 13.2. The Bertz CT molecular complexity index is 413. The van der Waals surface area contributed by atoms with Crippen molar-refractivity contribution in [2.24, 2.45) is 18.9 Å². The molecular formula is C12H19ClN2O2. The maximum absolute atomic E-state index is 11.2.